The summed E-state index contributed by atoms with van der Waals surface area (Å²) in [5.41, 5.74) is 4.36. The summed E-state index contributed by atoms with van der Waals surface area (Å²) in [5, 5.41) is 2.80. The molecule has 1 N–H and O–H groups in total. The Morgan fingerprint density at radius 3 is 2.59 bits per heavy atom. The van der Waals surface area contributed by atoms with Crippen LogP contribution in [-0.2, 0) is 25.6 Å². The van der Waals surface area contributed by atoms with E-state index in [-0.39, 0.29) is 37.3 Å². The van der Waals surface area contributed by atoms with Gasteiger partial charge in [-0.1, -0.05) is 42.0 Å². The highest BCUT2D eigenvalue weighted by atomic mass is 16.5. The minimum absolute atomic E-state index is 0.0768. The molecule has 7 heteroatoms. The number of benzene rings is 2. The molecule has 0 fully saturated rings. The Morgan fingerprint density at radius 2 is 1.88 bits per heavy atom. The Morgan fingerprint density at radius 1 is 1.12 bits per heavy atom. The number of nitrogens with one attached hydrogen (secondary N) is 1. The second kappa shape index (κ2) is 11.6. The van der Waals surface area contributed by atoms with Crippen LogP contribution in [0.1, 0.15) is 53.2 Å². The van der Waals surface area contributed by atoms with Gasteiger partial charge in [0.05, 0.1) is 25.3 Å². The van der Waals surface area contributed by atoms with E-state index in [1.807, 2.05) is 37.3 Å². The number of nitrogens with zero attached hydrogens (tertiary/aromatic N) is 1. The molecule has 0 aromatic heterocycles. The number of methoxy groups -OCH3 is 1. The maximum absolute atomic E-state index is 13.2. The van der Waals surface area contributed by atoms with E-state index in [0.717, 1.165) is 16.7 Å². The quantitative estimate of drug-likeness (QED) is 0.452. The minimum Gasteiger partial charge on any atom is -0.463 e. The Labute approximate surface area is 200 Å². The Bertz CT molecular complexity index is 1090. The lowest BCUT2D eigenvalue weighted by Gasteiger charge is -2.34. The van der Waals surface area contributed by atoms with Crippen molar-refractivity contribution in [2.75, 3.05) is 26.9 Å². The number of ether oxygens (including phenoxy) is 2. The SMILES string of the molecule is CCOC(=O)C1=C(C)N(Cc2cccc(C(=O)NCCOC)c2)C(=O)CC1c1cccc(C)c1. The standard InChI is InChI=1S/C27H32N2O5/c1-5-34-27(32)25-19(3)29(24(30)16-23(25)21-10-6-8-18(2)14-21)17-20-9-7-11-22(15-20)26(31)28-12-13-33-4/h6-11,14-15,23H,5,12-13,16-17H2,1-4H3,(H,28,31). The number of esters is 1. The van der Waals surface area contributed by atoms with Gasteiger partial charge < -0.3 is 19.7 Å². The Kier molecular flexibility index (Phi) is 8.60. The summed E-state index contributed by atoms with van der Waals surface area (Å²) in [6, 6.07) is 15.0. The molecule has 0 bridgehead atoms. The third kappa shape index (κ3) is 5.91. The first-order valence-electron chi connectivity index (χ1n) is 11.5. The molecule has 1 atom stereocenters. The van der Waals surface area contributed by atoms with E-state index < -0.39 is 5.97 Å². The van der Waals surface area contributed by atoms with Crippen LogP contribution in [0.15, 0.2) is 59.8 Å². The van der Waals surface area contributed by atoms with Gasteiger partial charge in [0.15, 0.2) is 0 Å². The lowest BCUT2D eigenvalue weighted by Crippen LogP contribution is -2.38. The highest BCUT2D eigenvalue weighted by Gasteiger charge is 2.37. The zero-order valence-corrected chi connectivity index (χ0v) is 20.2. The summed E-state index contributed by atoms with van der Waals surface area (Å²) in [4.78, 5) is 40.2. The molecule has 2 aromatic carbocycles. The van der Waals surface area contributed by atoms with Crippen LogP contribution in [0.25, 0.3) is 0 Å². The zero-order valence-electron chi connectivity index (χ0n) is 20.2. The van der Waals surface area contributed by atoms with E-state index in [1.165, 1.54) is 0 Å². The molecule has 34 heavy (non-hydrogen) atoms. The van der Waals surface area contributed by atoms with Crippen molar-refractivity contribution < 1.29 is 23.9 Å². The number of carbonyl (C=O) groups excluding carboxylic acids is 3. The minimum atomic E-state index is -0.407. The molecule has 2 aromatic rings. The van der Waals surface area contributed by atoms with Crippen LogP contribution in [0, 0.1) is 6.92 Å². The maximum Gasteiger partial charge on any atom is 0.336 e. The summed E-state index contributed by atoms with van der Waals surface area (Å²) in [7, 11) is 1.58. The monoisotopic (exact) mass is 464 g/mol. The number of rotatable bonds is 9. The third-order valence-electron chi connectivity index (χ3n) is 5.88. The summed E-state index contributed by atoms with van der Waals surface area (Å²) in [6.45, 7) is 6.89. The van der Waals surface area contributed by atoms with Gasteiger partial charge in [-0.05, 0) is 44.0 Å². The van der Waals surface area contributed by atoms with Crippen molar-refractivity contribution in [2.45, 2.75) is 39.7 Å². The third-order valence-corrected chi connectivity index (χ3v) is 5.88. The fourth-order valence-corrected chi connectivity index (χ4v) is 4.21. The van der Waals surface area contributed by atoms with Crippen LogP contribution in [0.5, 0.6) is 0 Å². The first-order chi connectivity index (χ1) is 16.3. The zero-order chi connectivity index (χ0) is 24.7. The molecule has 3 rings (SSSR count). The number of hydrogen-bond donors (Lipinski definition) is 1. The molecule has 0 radical (unpaired) electrons. The molecule has 180 valence electrons. The van der Waals surface area contributed by atoms with Crippen molar-refractivity contribution in [1.82, 2.24) is 10.2 Å². The van der Waals surface area contributed by atoms with Crippen LogP contribution in [-0.4, -0.2) is 49.6 Å². The topological polar surface area (TPSA) is 84.9 Å². The predicted octanol–water partition coefficient (Wildman–Crippen LogP) is 3.72. The van der Waals surface area contributed by atoms with Crippen molar-refractivity contribution in [3.63, 3.8) is 0 Å². The van der Waals surface area contributed by atoms with Gasteiger partial charge in [0.1, 0.15) is 0 Å². The normalized spacial score (nSPS) is 15.9. The molecule has 0 aliphatic carbocycles. The predicted molar refractivity (Wildman–Crippen MR) is 129 cm³/mol. The summed E-state index contributed by atoms with van der Waals surface area (Å²) in [6.07, 6.45) is 0.173. The number of hydrogen-bond acceptors (Lipinski definition) is 5. The molecule has 0 spiro atoms. The Balaban J connectivity index is 1.91. The average Bonchev–Trinajstić information content (AvgIpc) is 2.81. The number of allylic oxidation sites excluding steroid dienone is 1. The second-order valence-corrected chi connectivity index (χ2v) is 8.32. The molecule has 1 heterocycles. The van der Waals surface area contributed by atoms with E-state index in [9.17, 15) is 14.4 Å². The van der Waals surface area contributed by atoms with Gasteiger partial charge in [-0.25, -0.2) is 4.79 Å². The van der Waals surface area contributed by atoms with Crippen LogP contribution in [0.4, 0.5) is 0 Å². The lowest BCUT2D eigenvalue weighted by molar-refractivity contribution is -0.140. The maximum atomic E-state index is 13.2. The molecule has 7 nitrogen and oxygen atoms in total. The van der Waals surface area contributed by atoms with Gasteiger partial charge >= 0.3 is 5.97 Å². The van der Waals surface area contributed by atoms with Gasteiger partial charge in [-0.2, -0.15) is 0 Å². The summed E-state index contributed by atoms with van der Waals surface area (Å²) < 4.78 is 10.3. The number of aryl methyl sites for hydroxylation is 1. The second-order valence-electron chi connectivity index (χ2n) is 8.32. The number of amides is 2. The molecule has 1 aliphatic rings. The Hall–Kier alpha value is -3.45. The van der Waals surface area contributed by atoms with Gasteiger partial charge in [0, 0.05) is 37.3 Å². The molecule has 1 aliphatic heterocycles. The first kappa shape index (κ1) is 25.2. The highest BCUT2D eigenvalue weighted by Crippen LogP contribution is 2.38. The van der Waals surface area contributed by atoms with Crippen molar-refractivity contribution in [3.05, 3.63) is 82.1 Å². The number of carbonyl (C=O) groups is 3. The van der Waals surface area contributed by atoms with E-state index >= 15 is 0 Å². The van der Waals surface area contributed by atoms with Crippen molar-refractivity contribution in [1.29, 1.82) is 0 Å². The first-order valence-corrected chi connectivity index (χ1v) is 11.5. The van der Waals surface area contributed by atoms with E-state index in [4.69, 9.17) is 9.47 Å². The molecular weight excluding hydrogens is 432 g/mol. The van der Waals surface area contributed by atoms with Crippen LogP contribution >= 0.6 is 0 Å². The molecular formula is C27H32N2O5. The van der Waals surface area contributed by atoms with Crippen molar-refractivity contribution in [3.8, 4) is 0 Å². The molecule has 0 saturated carbocycles. The van der Waals surface area contributed by atoms with Gasteiger partial charge in [0.2, 0.25) is 5.91 Å². The summed E-state index contributed by atoms with van der Waals surface area (Å²) >= 11 is 0. The van der Waals surface area contributed by atoms with Crippen LogP contribution in [0.3, 0.4) is 0 Å². The lowest BCUT2D eigenvalue weighted by atomic mass is 9.83. The average molecular weight is 465 g/mol. The molecule has 2 amide bonds. The largest absolute Gasteiger partial charge is 0.463 e. The molecule has 0 saturated heterocycles. The smallest absolute Gasteiger partial charge is 0.336 e. The van der Waals surface area contributed by atoms with Gasteiger partial charge in [-0.15, -0.1) is 0 Å². The highest BCUT2D eigenvalue weighted by molar-refractivity contribution is 5.96. The van der Waals surface area contributed by atoms with Gasteiger partial charge in [-0.3, -0.25) is 9.59 Å². The van der Waals surface area contributed by atoms with E-state index in [2.05, 4.69) is 5.32 Å². The molecule has 1 unspecified atom stereocenters. The fourth-order valence-electron chi connectivity index (χ4n) is 4.21. The van der Waals surface area contributed by atoms with Crippen molar-refractivity contribution >= 4 is 17.8 Å². The van der Waals surface area contributed by atoms with Crippen LogP contribution < -0.4 is 5.32 Å². The van der Waals surface area contributed by atoms with Crippen LogP contribution in [0.2, 0.25) is 0 Å². The van der Waals surface area contributed by atoms with Crippen molar-refractivity contribution in [2.24, 2.45) is 0 Å². The fraction of sp³-hybridized carbons (Fsp3) is 0.370. The van der Waals surface area contributed by atoms with Gasteiger partial charge in [0.25, 0.3) is 5.91 Å². The van der Waals surface area contributed by atoms with E-state index in [0.29, 0.717) is 30.0 Å². The van der Waals surface area contributed by atoms with E-state index in [1.54, 1.807) is 44.1 Å². The summed E-state index contributed by atoms with van der Waals surface area (Å²) in [5.74, 6) is -1.05.